The third-order valence-corrected chi connectivity index (χ3v) is 11.6. The molecule has 0 N–H and O–H groups in total. The second-order valence-electron chi connectivity index (χ2n) is 15.5. The highest BCUT2D eigenvalue weighted by Gasteiger charge is 2.23. The van der Waals surface area contributed by atoms with Gasteiger partial charge in [0.25, 0.3) is 0 Å². The van der Waals surface area contributed by atoms with Crippen LogP contribution in [0.2, 0.25) is 0 Å². The highest BCUT2D eigenvalue weighted by Crippen LogP contribution is 2.43. The predicted octanol–water partition coefficient (Wildman–Crippen LogP) is 13.9. The fourth-order valence-electron chi connectivity index (χ4n) is 8.54. The van der Waals surface area contributed by atoms with E-state index in [4.69, 9.17) is 0 Å². The molecule has 2 aliphatic carbocycles. The first kappa shape index (κ1) is 36.8. The minimum atomic E-state index is 0.157. The second kappa shape index (κ2) is 16.7. The zero-order valence-electron chi connectivity index (χ0n) is 33.2. The summed E-state index contributed by atoms with van der Waals surface area (Å²) in [6.07, 6.45) is 27.7. The third-order valence-electron chi connectivity index (χ3n) is 11.6. The highest BCUT2D eigenvalue weighted by atomic mass is 14.6. The topological polar surface area (TPSA) is 51.6 Å². The number of hydrogen-bond acceptors (Lipinski definition) is 4. The van der Waals surface area contributed by atoms with E-state index in [1.54, 1.807) is 0 Å². The number of hydrogen-bond donors (Lipinski definition) is 0. The van der Waals surface area contributed by atoms with Crippen molar-refractivity contribution >= 4 is 11.1 Å². The molecule has 10 rings (SSSR count). The smallest absolute Gasteiger partial charge is 0.0346 e. The van der Waals surface area contributed by atoms with E-state index < -0.39 is 0 Å². The van der Waals surface area contributed by atoms with Crippen LogP contribution in [0.1, 0.15) is 41.9 Å². The molecule has 286 valence electrons. The lowest BCUT2D eigenvalue weighted by Crippen LogP contribution is -2.06. The van der Waals surface area contributed by atoms with Crippen LogP contribution >= 0.6 is 0 Å². The Bertz CT molecular complexity index is 2830. The number of aromatic nitrogens is 4. The van der Waals surface area contributed by atoms with Crippen LogP contribution in [0.5, 0.6) is 0 Å². The monoisotopic (exact) mass is 770 g/mol. The fourth-order valence-corrected chi connectivity index (χ4v) is 8.54. The number of pyridine rings is 4. The van der Waals surface area contributed by atoms with Gasteiger partial charge in [0.1, 0.15) is 0 Å². The molecule has 0 amide bonds. The highest BCUT2D eigenvalue weighted by molar-refractivity contribution is 5.85. The van der Waals surface area contributed by atoms with E-state index in [0.717, 1.165) is 58.2 Å². The zero-order chi connectivity index (χ0) is 40.1. The summed E-state index contributed by atoms with van der Waals surface area (Å²) >= 11 is 0. The number of rotatable bonds is 9. The average Bonchev–Trinajstić information content (AvgIpc) is 3.35. The minimum Gasteiger partial charge on any atom is -0.264 e. The van der Waals surface area contributed by atoms with E-state index in [1.165, 1.54) is 55.7 Å². The fraction of sp³-hybridized carbons (Fsp3) is 0.0714. The van der Waals surface area contributed by atoms with Crippen molar-refractivity contribution in [2.24, 2.45) is 0 Å². The summed E-state index contributed by atoms with van der Waals surface area (Å²) in [7, 11) is 0. The molecule has 4 aromatic carbocycles. The Morgan fingerprint density at radius 1 is 0.367 bits per heavy atom. The standard InChI is InChI=1S/C56H42N4/c1-9-39(47-17-5-21-57-35-47)25-43(13-1)51-29-52(44-14-2-10-40(26-44)48-18-6-22-58-36-48)32-55(31-51)56-33-53(45-15-3-11-41(27-45)49-19-7-23-59-37-49)30-54(34-56)46-16-4-12-42(28-46)50-20-8-24-60-38-50/h1-3,5-11,13-32,34-38,53H,4,12,33H2. The van der Waals surface area contributed by atoms with Gasteiger partial charge < -0.3 is 0 Å². The van der Waals surface area contributed by atoms with Gasteiger partial charge in [-0.15, -0.1) is 0 Å². The molecule has 1 atom stereocenters. The van der Waals surface area contributed by atoms with Crippen molar-refractivity contribution in [1.82, 2.24) is 19.9 Å². The summed E-state index contributed by atoms with van der Waals surface area (Å²) in [5.41, 5.74) is 20.3. The van der Waals surface area contributed by atoms with Crippen LogP contribution in [-0.2, 0) is 0 Å². The van der Waals surface area contributed by atoms with Crippen molar-refractivity contribution in [3.8, 4) is 55.6 Å². The van der Waals surface area contributed by atoms with E-state index in [2.05, 4.69) is 160 Å². The Hall–Kier alpha value is -7.56. The lowest BCUT2D eigenvalue weighted by molar-refractivity contribution is 0.859. The minimum absolute atomic E-state index is 0.157. The molecule has 0 saturated heterocycles. The maximum Gasteiger partial charge on any atom is 0.0346 e. The van der Waals surface area contributed by atoms with Gasteiger partial charge in [-0.3, -0.25) is 19.9 Å². The van der Waals surface area contributed by atoms with Gasteiger partial charge in [-0.2, -0.15) is 0 Å². The summed E-state index contributed by atoms with van der Waals surface area (Å²) in [6, 6.07) is 50.4. The molecule has 4 aromatic heterocycles. The Morgan fingerprint density at radius 2 is 0.800 bits per heavy atom. The molecule has 4 heteroatoms. The van der Waals surface area contributed by atoms with Gasteiger partial charge in [0.05, 0.1) is 0 Å². The van der Waals surface area contributed by atoms with Crippen molar-refractivity contribution < 1.29 is 0 Å². The van der Waals surface area contributed by atoms with E-state index in [0.29, 0.717) is 0 Å². The Labute approximate surface area is 351 Å². The molecule has 4 nitrogen and oxygen atoms in total. The largest absolute Gasteiger partial charge is 0.264 e. The van der Waals surface area contributed by atoms with Crippen LogP contribution < -0.4 is 0 Å². The van der Waals surface area contributed by atoms with Crippen LogP contribution in [0.4, 0.5) is 0 Å². The zero-order valence-corrected chi connectivity index (χ0v) is 33.2. The van der Waals surface area contributed by atoms with Crippen molar-refractivity contribution in [3.05, 3.63) is 241 Å². The van der Waals surface area contributed by atoms with Crippen LogP contribution in [0.3, 0.4) is 0 Å². The molecule has 0 radical (unpaired) electrons. The summed E-state index contributed by atoms with van der Waals surface area (Å²) in [5, 5.41) is 0. The normalized spacial score (nSPS) is 15.0. The predicted molar refractivity (Wildman–Crippen MR) is 246 cm³/mol. The van der Waals surface area contributed by atoms with Gasteiger partial charge in [0.15, 0.2) is 0 Å². The molecule has 0 fully saturated rings. The van der Waals surface area contributed by atoms with Crippen molar-refractivity contribution in [3.63, 3.8) is 0 Å². The Morgan fingerprint density at radius 3 is 1.33 bits per heavy atom. The number of benzene rings is 4. The molecule has 0 bridgehead atoms. The van der Waals surface area contributed by atoms with Gasteiger partial charge in [0, 0.05) is 66.6 Å². The average molecular weight is 771 g/mol. The van der Waals surface area contributed by atoms with Crippen molar-refractivity contribution in [2.75, 3.05) is 0 Å². The van der Waals surface area contributed by atoms with Gasteiger partial charge in [0.2, 0.25) is 0 Å². The quantitative estimate of drug-likeness (QED) is 0.147. The first-order valence-corrected chi connectivity index (χ1v) is 20.6. The Balaban J connectivity index is 1.12. The first-order chi connectivity index (χ1) is 29.7. The number of allylic oxidation sites excluding steroid dienone is 8. The molecule has 60 heavy (non-hydrogen) atoms. The van der Waals surface area contributed by atoms with E-state index in [9.17, 15) is 0 Å². The molecule has 1 unspecified atom stereocenters. The van der Waals surface area contributed by atoms with Crippen LogP contribution in [0.15, 0.2) is 225 Å². The van der Waals surface area contributed by atoms with Gasteiger partial charge in [-0.1, -0.05) is 109 Å². The maximum atomic E-state index is 4.45. The van der Waals surface area contributed by atoms with Gasteiger partial charge >= 0.3 is 0 Å². The molecule has 0 aliphatic heterocycles. The van der Waals surface area contributed by atoms with Gasteiger partial charge in [-0.25, -0.2) is 0 Å². The molecule has 4 heterocycles. The molecular formula is C56H42N4. The second-order valence-corrected chi connectivity index (χ2v) is 15.5. The molecule has 0 saturated carbocycles. The van der Waals surface area contributed by atoms with Gasteiger partial charge in [-0.05, 0) is 157 Å². The molecule has 8 aromatic rings. The van der Waals surface area contributed by atoms with Crippen LogP contribution in [-0.4, -0.2) is 19.9 Å². The van der Waals surface area contributed by atoms with E-state index >= 15 is 0 Å². The summed E-state index contributed by atoms with van der Waals surface area (Å²) in [6.45, 7) is 0. The van der Waals surface area contributed by atoms with Crippen LogP contribution in [0.25, 0.3) is 66.8 Å². The maximum absolute atomic E-state index is 4.45. The van der Waals surface area contributed by atoms with E-state index in [1.807, 2.05) is 73.8 Å². The van der Waals surface area contributed by atoms with Crippen LogP contribution in [0, 0.1) is 0 Å². The summed E-state index contributed by atoms with van der Waals surface area (Å²) in [4.78, 5) is 17.7. The SMILES string of the molecule is C1=C(C2=CC(c3cccc(-c4cccnc4)c3)CC(c3cc(-c4cccc(-c5cccnc5)c4)cc(-c4cccc(-c5cccnc5)c4)c3)=C2)C=C(c2cccnc2)CC1. The van der Waals surface area contributed by atoms with E-state index in [-0.39, 0.29) is 5.92 Å². The molecular weight excluding hydrogens is 729 g/mol. The third kappa shape index (κ3) is 7.96. The first-order valence-electron chi connectivity index (χ1n) is 20.6. The lowest BCUT2D eigenvalue weighted by atomic mass is 9.78. The summed E-state index contributed by atoms with van der Waals surface area (Å²) < 4.78 is 0. The molecule has 2 aliphatic rings. The van der Waals surface area contributed by atoms with Crippen molar-refractivity contribution in [1.29, 1.82) is 0 Å². The Kier molecular flexibility index (Phi) is 10.3. The van der Waals surface area contributed by atoms with Crippen molar-refractivity contribution in [2.45, 2.75) is 25.2 Å². The lowest BCUT2D eigenvalue weighted by Gasteiger charge is -2.26. The molecule has 0 spiro atoms. The number of nitrogens with zero attached hydrogens (tertiary/aromatic N) is 4. The summed E-state index contributed by atoms with van der Waals surface area (Å²) in [5.74, 6) is 0.157.